The molecule has 0 unspecified atom stereocenters. The number of anilines is 2. The Kier molecular flexibility index (Phi) is 5.66. The van der Waals surface area contributed by atoms with E-state index in [0.717, 1.165) is 5.69 Å². The molecule has 1 aromatic carbocycles. The summed E-state index contributed by atoms with van der Waals surface area (Å²) in [4.78, 5) is 11.8. The van der Waals surface area contributed by atoms with Gasteiger partial charge in [-0.3, -0.25) is 4.79 Å². The van der Waals surface area contributed by atoms with Gasteiger partial charge in [-0.15, -0.1) is 10.2 Å². The van der Waals surface area contributed by atoms with Crippen molar-refractivity contribution in [1.29, 1.82) is 5.26 Å². The van der Waals surface area contributed by atoms with Gasteiger partial charge >= 0.3 is 0 Å². The van der Waals surface area contributed by atoms with E-state index in [2.05, 4.69) is 26.9 Å². The first kappa shape index (κ1) is 16.9. The molecule has 0 saturated carbocycles. The highest BCUT2D eigenvalue weighted by Gasteiger charge is 2.19. The molecular weight excluding hydrogens is 310 g/mol. The molecule has 1 amide bonds. The summed E-state index contributed by atoms with van der Waals surface area (Å²) in [6.07, 6.45) is 0.380. The van der Waals surface area contributed by atoms with Crippen LogP contribution in [-0.4, -0.2) is 16.1 Å². The fourth-order valence-corrected chi connectivity index (χ4v) is 2.66. The van der Waals surface area contributed by atoms with Crippen LogP contribution in [0.3, 0.4) is 0 Å². The molecule has 0 spiro atoms. The molecule has 23 heavy (non-hydrogen) atoms. The maximum atomic E-state index is 11.8. The van der Waals surface area contributed by atoms with Crippen molar-refractivity contribution < 1.29 is 4.79 Å². The maximum absolute atomic E-state index is 11.8. The van der Waals surface area contributed by atoms with E-state index in [1.54, 1.807) is 0 Å². The van der Waals surface area contributed by atoms with E-state index in [0.29, 0.717) is 16.6 Å². The number of hydrogen-bond acceptors (Lipinski definition) is 6. The Bertz CT molecular complexity index is 702. The molecule has 0 radical (unpaired) electrons. The third-order valence-electron chi connectivity index (χ3n) is 3.02. The van der Waals surface area contributed by atoms with Gasteiger partial charge in [0, 0.05) is 12.1 Å². The Morgan fingerprint density at radius 3 is 2.61 bits per heavy atom. The summed E-state index contributed by atoms with van der Waals surface area (Å²) in [7, 11) is 0. The molecule has 2 rings (SSSR count). The maximum Gasteiger partial charge on any atom is 0.221 e. The quantitative estimate of drug-likeness (QED) is 0.848. The van der Waals surface area contributed by atoms with Gasteiger partial charge in [-0.1, -0.05) is 42.9 Å². The number of rotatable bonds is 6. The minimum Gasteiger partial charge on any atom is -0.335 e. The SMILES string of the molecule is Cc1ccc(Nc2nnc([C@H](C#N)NC(=O)CC(C)C)s2)cc1. The van der Waals surface area contributed by atoms with Gasteiger partial charge in [0.05, 0.1) is 6.07 Å². The summed E-state index contributed by atoms with van der Waals surface area (Å²) >= 11 is 1.25. The molecule has 7 heteroatoms. The predicted molar refractivity (Wildman–Crippen MR) is 90.3 cm³/mol. The monoisotopic (exact) mass is 329 g/mol. The van der Waals surface area contributed by atoms with E-state index in [-0.39, 0.29) is 11.8 Å². The van der Waals surface area contributed by atoms with E-state index in [1.165, 1.54) is 16.9 Å². The van der Waals surface area contributed by atoms with Gasteiger partial charge in [0.25, 0.3) is 0 Å². The molecular formula is C16H19N5OS. The van der Waals surface area contributed by atoms with Crippen molar-refractivity contribution in [2.45, 2.75) is 33.2 Å². The lowest BCUT2D eigenvalue weighted by Gasteiger charge is -2.09. The van der Waals surface area contributed by atoms with Crippen LogP contribution in [-0.2, 0) is 4.79 Å². The molecule has 120 valence electrons. The Morgan fingerprint density at radius 1 is 1.30 bits per heavy atom. The van der Waals surface area contributed by atoms with Crippen molar-refractivity contribution in [2.75, 3.05) is 5.32 Å². The summed E-state index contributed by atoms with van der Waals surface area (Å²) in [5.41, 5.74) is 2.07. The van der Waals surface area contributed by atoms with Crippen molar-refractivity contribution in [1.82, 2.24) is 15.5 Å². The second kappa shape index (κ2) is 7.70. The fraction of sp³-hybridized carbons (Fsp3) is 0.375. The lowest BCUT2D eigenvalue weighted by Crippen LogP contribution is -2.28. The number of hydrogen-bond donors (Lipinski definition) is 2. The zero-order chi connectivity index (χ0) is 16.8. The van der Waals surface area contributed by atoms with E-state index in [4.69, 9.17) is 0 Å². The summed E-state index contributed by atoms with van der Waals surface area (Å²) in [5.74, 6) is 0.0809. The van der Waals surface area contributed by atoms with Crippen LogP contribution in [0.2, 0.25) is 0 Å². The second-order valence-electron chi connectivity index (χ2n) is 5.66. The van der Waals surface area contributed by atoms with E-state index >= 15 is 0 Å². The minimum absolute atomic E-state index is 0.158. The smallest absolute Gasteiger partial charge is 0.221 e. The zero-order valence-corrected chi connectivity index (χ0v) is 14.1. The highest BCUT2D eigenvalue weighted by molar-refractivity contribution is 7.15. The minimum atomic E-state index is -0.771. The number of carbonyl (C=O) groups excluding carboxylic acids is 1. The van der Waals surface area contributed by atoms with Crippen LogP contribution in [0.1, 0.15) is 36.9 Å². The number of nitrogens with zero attached hydrogens (tertiary/aromatic N) is 3. The molecule has 2 aromatic rings. The Morgan fingerprint density at radius 2 is 2.00 bits per heavy atom. The Balaban J connectivity index is 2.03. The molecule has 0 aliphatic rings. The molecule has 0 bridgehead atoms. The van der Waals surface area contributed by atoms with Gasteiger partial charge in [0.2, 0.25) is 11.0 Å². The predicted octanol–water partition coefficient (Wildman–Crippen LogP) is 3.32. The summed E-state index contributed by atoms with van der Waals surface area (Å²) in [6, 6.07) is 9.17. The standard InChI is InChI=1S/C16H19N5OS/c1-10(2)8-14(22)19-13(9-17)15-20-21-16(23-15)18-12-6-4-11(3)5-7-12/h4-7,10,13H,8H2,1-3H3,(H,18,21)(H,19,22)/t13-/m0/s1. The lowest BCUT2D eigenvalue weighted by atomic mass is 10.1. The first-order chi connectivity index (χ1) is 11.0. The molecule has 6 nitrogen and oxygen atoms in total. The van der Waals surface area contributed by atoms with Crippen LogP contribution >= 0.6 is 11.3 Å². The first-order valence-electron chi connectivity index (χ1n) is 7.34. The topological polar surface area (TPSA) is 90.7 Å². The number of amides is 1. The molecule has 0 saturated heterocycles. The normalized spacial score (nSPS) is 11.8. The molecule has 1 aromatic heterocycles. The molecule has 2 N–H and O–H groups in total. The number of aryl methyl sites for hydroxylation is 1. The summed E-state index contributed by atoms with van der Waals surface area (Å²) < 4.78 is 0. The number of nitrogens with one attached hydrogen (secondary N) is 2. The highest BCUT2D eigenvalue weighted by atomic mass is 32.1. The van der Waals surface area contributed by atoms with Crippen LogP contribution in [0.5, 0.6) is 0 Å². The van der Waals surface area contributed by atoms with E-state index in [1.807, 2.05) is 45.0 Å². The van der Waals surface area contributed by atoms with Crippen molar-refractivity contribution in [3.8, 4) is 6.07 Å². The average Bonchev–Trinajstić information content (AvgIpc) is 2.95. The number of aromatic nitrogens is 2. The largest absolute Gasteiger partial charge is 0.335 e. The number of carbonyl (C=O) groups is 1. The third kappa shape index (κ3) is 5.04. The van der Waals surface area contributed by atoms with Gasteiger partial charge in [-0.25, -0.2) is 0 Å². The fourth-order valence-electron chi connectivity index (χ4n) is 1.90. The Hall–Kier alpha value is -2.46. The van der Waals surface area contributed by atoms with Crippen LogP contribution in [0.15, 0.2) is 24.3 Å². The Labute approximate surface area is 139 Å². The van der Waals surface area contributed by atoms with Crippen LogP contribution in [0, 0.1) is 24.2 Å². The summed E-state index contributed by atoms with van der Waals surface area (Å²) in [5, 5.41) is 24.1. The van der Waals surface area contributed by atoms with Gasteiger partial charge in [0.15, 0.2) is 11.0 Å². The van der Waals surface area contributed by atoms with Crippen LogP contribution < -0.4 is 10.6 Å². The van der Waals surface area contributed by atoms with E-state index in [9.17, 15) is 10.1 Å². The first-order valence-corrected chi connectivity index (χ1v) is 8.15. The lowest BCUT2D eigenvalue weighted by molar-refractivity contribution is -0.122. The van der Waals surface area contributed by atoms with E-state index < -0.39 is 6.04 Å². The molecule has 0 aliphatic heterocycles. The molecule has 1 heterocycles. The number of benzene rings is 1. The molecule has 0 aliphatic carbocycles. The second-order valence-corrected chi connectivity index (χ2v) is 6.67. The third-order valence-corrected chi connectivity index (χ3v) is 3.92. The van der Waals surface area contributed by atoms with Crippen LogP contribution in [0.25, 0.3) is 0 Å². The van der Waals surface area contributed by atoms with Crippen LogP contribution in [0.4, 0.5) is 10.8 Å². The van der Waals surface area contributed by atoms with Crippen molar-refractivity contribution in [3.63, 3.8) is 0 Å². The number of nitriles is 1. The van der Waals surface area contributed by atoms with Crippen molar-refractivity contribution in [2.24, 2.45) is 5.92 Å². The highest BCUT2D eigenvalue weighted by Crippen LogP contribution is 2.24. The van der Waals surface area contributed by atoms with Gasteiger partial charge in [0.1, 0.15) is 0 Å². The average molecular weight is 329 g/mol. The van der Waals surface area contributed by atoms with Crippen molar-refractivity contribution in [3.05, 3.63) is 34.8 Å². The van der Waals surface area contributed by atoms with Gasteiger partial charge in [-0.2, -0.15) is 5.26 Å². The molecule has 1 atom stereocenters. The molecule has 0 fully saturated rings. The van der Waals surface area contributed by atoms with Gasteiger partial charge < -0.3 is 10.6 Å². The van der Waals surface area contributed by atoms with Gasteiger partial charge in [-0.05, 0) is 25.0 Å². The van der Waals surface area contributed by atoms with Crippen molar-refractivity contribution >= 4 is 28.1 Å². The summed E-state index contributed by atoms with van der Waals surface area (Å²) in [6.45, 7) is 5.93. The zero-order valence-electron chi connectivity index (χ0n) is 13.3.